The van der Waals surface area contributed by atoms with Crippen LogP contribution in [0.15, 0.2) is 48.5 Å². The van der Waals surface area contributed by atoms with Gasteiger partial charge in [0.1, 0.15) is 18.1 Å². The zero-order valence-electron chi connectivity index (χ0n) is 17.5. The molecule has 2 aliphatic heterocycles. The lowest BCUT2D eigenvalue weighted by Gasteiger charge is -2.31. The maximum absolute atomic E-state index is 12.8. The van der Waals surface area contributed by atoms with E-state index >= 15 is 0 Å². The molecule has 2 N–H and O–H groups in total. The number of hydrogen-bond acceptors (Lipinski definition) is 5. The van der Waals surface area contributed by atoms with Gasteiger partial charge < -0.3 is 24.8 Å². The SMILES string of the molecule is O=C(Nc1ccccc1O)C1CCN(C(=O)c2ccc(OCC3CCCO3)cc2)CC1. The lowest BCUT2D eigenvalue weighted by atomic mass is 9.95. The number of phenols is 1. The minimum Gasteiger partial charge on any atom is -0.506 e. The average molecular weight is 424 g/mol. The van der Waals surface area contributed by atoms with Crippen LogP contribution in [0.2, 0.25) is 0 Å². The summed E-state index contributed by atoms with van der Waals surface area (Å²) in [7, 11) is 0. The first-order valence-corrected chi connectivity index (χ1v) is 10.8. The van der Waals surface area contributed by atoms with Crippen LogP contribution in [0.25, 0.3) is 0 Å². The molecule has 7 heteroatoms. The minimum atomic E-state index is -0.183. The third kappa shape index (κ3) is 5.35. The van der Waals surface area contributed by atoms with Gasteiger partial charge >= 0.3 is 0 Å². The highest BCUT2D eigenvalue weighted by molar-refractivity contribution is 5.96. The number of likely N-dealkylation sites (tertiary alicyclic amines) is 1. The molecule has 164 valence electrons. The number of piperidine rings is 1. The first kappa shape index (κ1) is 21.2. The normalized spacial score (nSPS) is 19.2. The van der Waals surface area contributed by atoms with Crippen LogP contribution >= 0.6 is 0 Å². The molecule has 2 amide bonds. The predicted molar refractivity (Wildman–Crippen MR) is 116 cm³/mol. The molecule has 1 atom stereocenters. The maximum Gasteiger partial charge on any atom is 0.253 e. The molecular weight excluding hydrogens is 396 g/mol. The van der Waals surface area contributed by atoms with Crippen molar-refractivity contribution in [1.29, 1.82) is 0 Å². The second kappa shape index (κ2) is 9.83. The van der Waals surface area contributed by atoms with Gasteiger partial charge in [0.25, 0.3) is 5.91 Å². The Bertz CT molecular complexity index is 900. The highest BCUT2D eigenvalue weighted by atomic mass is 16.5. The highest BCUT2D eigenvalue weighted by Crippen LogP contribution is 2.25. The standard InChI is InChI=1S/C24H28N2O5/c27-22-6-2-1-5-21(22)25-23(28)17-11-13-26(14-12-17)24(29)18-7-9-19(10-8-18)31-16-20-4-3-15-30-20/h1-2,5-10,17,20,27H,3-4,11-16H2,(H,25,28). The molecule has 4 rings (SSSR count). The molecule has 2 heterocycles. The van der Waals surface area contributed by atoms with Crippen LogP contribution < -0.4 is 10.1 Å². The van der Waals surface area contributed by atoms with E-state index in [2.05, 4.69) is 5.32 Å². The summed E-state index contributed by atoms with van der Waals surface area (Å²) in [6, 6.07) is 13.9. The summed E-state index contributed by atoms with van der Waals surface area (Å²) in [4.78, 5) is 27.1. The number of hydrogen-bond donors (Lipinski definition) is 2. The van der Waals surface area contributed by atoms with Gasteiger partial charge in [-0.25, -0.2) is 0 Å². The van der Waals surface area contributed by atoms with Crippen LogP contribution in [0, 0.1) is 5.92 Å². The van der Waals surface area contributed by atoms with Crippen LogP contribution in [0.1, 0.15) is 36.0 Å². The van der Waals surface area contributed by atoms with Crippen molar-refractivity contribution in [3.8, 4) is 11.5 Å². The quantitative estimate of drug-likeness (QED) is 0.694. The van der Waals surface area contributed by atoms with Crippen LogP contribution in [-0.2, 0) is 9.53 Å². The van der Waals surface area contributed by atoms with Crippen molar-refractivity contribution < 1.29 is 24.2 Å². The molecule has 0 saturated carbocycles. The number of carbonyl (C=O) groups is 2. The van der Waals surface area contributed by atoms with E-state index in [0.717, 1.165) is 25.2 Å². The average Bonchev–Trinajstić information content (AvgIpc) is 3.33. The second-order valence-corrected chi connectivity index (χ2v) is 8.04. The summed E-state index contributed by atoms with van der Waals surface area (Å²) in [5.41, 5.74) is 1.02. The van der Waals surface area contributed by atoms with E-state index in [0.29, 0.717) is 43.8 Å². The molecule has 1 unspecified atom stereocenters. The van der Waals surface area contributed by atoms with Gasteiger partial charge in [0.2, 0.25) is 5.91 Å². The largest absolute Gasteiger partial charge is 0.506 e. The van der Waals surface area contributed by atoms with E-state index in [-0.39, 0.29) is 29.6 Å². The van der Waals surface area contributed by atoms with Crippen LogP contribution in [0.4, 0.5) is 5.69 Å². The van der Waals surface area contributed by atoms with Gasteiger partial charge in [0, 0.05) is 31.2 Å². The van der Waals surface area contributed by atoms with Crippen LogP contribution in [0.5, 0.6) is 11.5 Å². The third-order valence-electron chi connectivity index (χ3n) is 5.88. The number of nitrogens with zero attached hydrogens (tertiary/aromatic N) is 1. The number of nitrogens with one attached hydrogen (secondary N) is 1. The fourth-order valence-corrected chi connectivity index (χ4v) is 4.00. The molecule has 31 heavy (non-hydrogen) atoms. The number of rotatable bonds is 6. The predicted octanol–water partition coefficient (Wildman–Crippen LogP) is 3.44. The van der Waals surface area contributed by atoms with Crippen molar-refractivity contribution in [1.82, 2.24) is 4.90 Å². The van der Waals surface area contributed by atoms with Crippen molar-refractivity contribution in [2.24, 2.45) is 5.92 Å². The molecule has 7 nitrogen and oxygen atoms in total. The molecule has 2 saturated heterocycles. The number of ether oxygens (including phenoxy) is 2. The monoisotopic (exact) mass is 424 g/mol. The third-order valence-corrected chi connectivity index (χ3v) is 5.88. The number of carbonyl (C=O) groups excluding carboxylic acids is 2. The van der Waals surface area contributed by atoms with Crippen molar-refractivity contribution in [3.63, 3.8) is 0 Å². The van der Waals surface area contributed by atoms with Crippen molar-refractivity contribution in [2.75, 3.05) is 31.6 Å². The summed E-state index contributed by atoms with van der Waals surface area (Å²) in [5.74, 6) is 0.432. The van der Waals surface area contributed by atoms with E-state index < -0.39 is 0 Å². The van der Waals surface area contributed by atoms with Crippen LogP contribution in [0.3, 0.4) is 0 Å². The van der Waals surface area contributed by atoms with E-state index in [1.54, 1.807) is 35.2 Å². The first-order valence-electron chi connectivity index (χ1n) is 10.8. The summed E-state index contributed by atoms with van der Waals surface area (Å²) in [6.45, 7) is 2.38. The van der Waals surface area contributed by atoms with Gasteiger partial charge in [0.15, 0.2) is 0 Å². The maximum atomic E-state index is 12.8. The van der Waals surface area contributed by atoms with Crippen LogP contribution in [-0.4, -0.2) is 54.2 Å². The highest BCUT2D eigenvalue weighted by Gasteiger charge is 2.28. The smallest absolute Gasteiger partial charge is 0.253 e. The molecule has 2 fully saturated rings. The summed E-state index contributed by atoms with van der Waals surface area (Å²) in [6.07, 6.45) is 3.44. The Balaban J connectivity index is 1.25. The topological polar surface area (TPSA) is 88.1 Å². The molecule has 2 aliphatic rings. The van der Waals surface area contributed by atoms with E-state index in [4.69, 9.17) is 9.47 Å². The van der Waals surface area contributed by atoms with E-state index in [1.165, 1.54) is 6.07 Å². The number of benzene rings is 2. The van der Waals surface area contributed by atoms with Gasteiger partial charge in [0.05, 0.1) is 11.8 Å². The van der Waals surface area contributed by atoms with Gasteiger partial charge in [-0.15, -0.1) is 0 Å². The fraction of sp³-hybridized carbons (Fsp3) is 0.417. The molecule has 0 aromatic heterocycles. The van der Waals surface area contributed by atoms with Gasteiger partial charge in [-0.1, -0.05) is 12.1 Å². The zero-order valence-corrected chi connectivity index (χ0v) is 17.5. The summed E-state index contributed by atoms with van der Waals surface area (Å²) in [5, 5.41) is 12.6. The number of phenolic OH excluding ortho intramolecular Hbond substituents is 1. The van der Waals surface area contributed by atoms with Crippen molar-refractivity contribution in [3.05, 3.63) is 54.1 Å². The Labute approximate surface area is 182 Å². The number of aromatic hydroxyl groups is 1. The number of para-hydroxylation sites is 2. The Morgan fingerprint density at radius 2 is 1.81 bits per heavy atom. The van der Waals surface area contributed by atoms with Gasteiger partial charge in [-0.2, -0.15) is 0 Å². The van der Waals surface area contributed by atoms with Gasteiger partial charge in [-0.05, 0) is 62.1 Å². The summed E-state index contributed by atoms with van der Waals surface area (Å²) < 4.78 is 11.3. The Morgan fingerprint density at radius 1 is 1.06 bits per heavy atom. The van der Waals surface area contributed by atoms with Crippen molar-refractivity contribution >= 4 is 17.5 Å². The fourth-order valence-electron chi connectivity index (χ4n) is 4.00. The molecule has 0 aliphatic carbocycles. The number of amides is 2. The summed E-state index contributed by atoms with van der Waals surface area (Å²) >= 11 is 0. The van der Waals surface area contributed by atoms with E-state index in [1.807, 2.05) is 12.1 Å². The molecule has 0 radical (unpaired) electrons. The number of anilines is 1. The molecule has 0 spiro atoms. The van der Waals surface area contributed by atoms with Gasteiger partial charge in [-0.3, -0.25) is 9.59 Å². The second-order valence-electron chi connectivity index (χ2n) is 8.04. The Hall–Kier alpha value is -3.06. The molecular formula is C24H28N2O5. The molecule has 0 bridgehead atoms. The Kier molecular flexibility index (Phi) is 6.72. The lowest BCUT2D eigenvalue weighted by Crippen LogP contribution is -2.41. The molecule has 2 aromatic carbocycles. The lowest BCUT2D eigenvalue weighted by molar-refractivity contribution is -0.121. The Morgan fingerprint density at radius 3 is 2.48 bits per heavy atom. The minimum absolute atomic E-state index is 0.0368. The molecule has 2 aromatic rings. The zero-order chi connectivity index (χ0) is 21.6. The van der Waals surface area contributed by atoms with Crippen molar-refractivity contribution in [2.45, 2.75) is 31.8 Å². The van der Waals surface area contributed by atoms with E-state index in [9.17, 15) is 14.7 Å². The first-order chi connectivity index (χ1) is 15.1.